The van der Waals surface area contributed by atoms with Gasteiger partial charge in [-0.05, 0) is 36.4 Å². The maximum atomic E-state index is 12.0. The number of hydrogen-bond acceptors (Lipinski definition) is 4. The van der Waals surface area contributed by atoms with E-state index in [-0.39, 0.29) is 5.56 Å². The van der Waals surface area contributed by atoms with Crippen molar-refractivity contribution >= 4 is 49.6 Å². The van der Waals surface area contributed by atoms with Crippen LogP contribution in [0.3, 0.4) is 0 Å². The van der Waals surface area contributed by atoms with Crippen LogP contribution in [0, 0.1) is 0 Å². The molecule has 3 aromatic carbocycles. The average Bonchev–Trinajstić information content (AvgIpc) is 3.13. The van der Waals surface area contributed by atoms with E-state index in [0.717, 1.165) is 32.7 Å². The molecular formula is C25H14N3O2-. The first-order valence-corrected chi connectivity index (χ1v) is 9.60. The highest BCUT2D eigenvalue weighted by Crippen LogP contribution is 2.32. The number of carboxylic acid groups (broad SMARTS) is 1. The van der Waals surface area contributed by atoms with Crippen LogP contribution >= 0.6 is 0 Å². The van der Waals surface area contributed by atoms with Crippen LogP contribution in [-0.2, 0) is 0 Å². The third kappa shape index (κ3) is 2.46. The molecule has 0 radical (unpaired) electrons. The molecule has 0 unspecified atom stereocenters. The van der Waals surface area contributed by atoms with Crippen molar-refractivity contribution in [2.75, 3.05) is 0 Å². The number of pyridine rings is 2. The monoisotopic (exact) mass is 388 g/mol. The van der Waals surface area contributed by atoms with Crippen molar-refractivity contribution in [2.24, 2.45) is 0 Å². The topological polar surface area (TPSA) is 81.7 Å². The number of carbonyl (C=O) groups excluding carboxylic acids is 1. The van der Waals surface area contributed by atoms with Crippen LogP contribution in [0.1, 0.15) is 10.4 Å². The molecule has 0 fully saturated rings. The van der Waals surface area contributed by atoms with E-state index < -0.39 is 5.97 Å². The molecule has 0 bridgehead atoms. The Morgan fingerprint density at radius 2 is 1.53 bits per heavy atom. The van der Waals surface area contributed by atoms with E-state index in [4.69, 9.17) is 0 Å². The number of hydrogen-bond donors (Lipinski definition) is 1. The molecular weight excluding hydrogens is 374 g/mol. The van der Waals surface area contributed by atoms with Crippen molar-refractivity contribution < 1.29 is 9.90 Å². The summed E-state index contributed by atoms with van der Waals surface area (Å²) in [7, 11) is 0. The maximum absolute atomic E-state index is 12.0. The quantitative estimate of drug-likeness (QED) is 0.475. The molecule has 30 heavy (non-hydrogen) atoms. The number of nitrogens with one attached hydrogen (secondary N) is 1. The van der Waals surface area contributed by atoms with Crippen molar-refractivity contribution in [3.8, 4) is 11.4 Å². The van der Waals surface area contributed by atoms with Gasteiger partial charge in [-0.15, -0.1) is 0 Å². The number of carbonyl (C=O) groups is 1. The van der Waals surface area contributed by atoms with Gasteiger partial charge in [0.15, 0.2) is 0 Å². The van der Waals surface area contributed by atoms with Gasteiger partial charge >= 0.3 is 0 Å². The van der Waals surface area contributed by atoms with Gasteiger partial charge in [0.05, 0.1) is 33.9 Å². The number of nitrogens with zero attached hydrogens (tertiary/aromatic N) is 2. The zero-order valence-corrected chi connectivity index (χ0v) is 15.7. The third-order valence-electron chi connectivity index (χ3n) is 5.51. The zero-order valence-electron chi connectivity index (χ0n) is 15.7. The number of fused-ring (bicyclic) bond motifs is 5. The van der Waals surface area contributed by atoms with Crippen LogP contribution in [-0.4, -0.2) is 20.9 Å². The van der Waals surface area contributed by atoms with Crippen LogP contribution < -0.4 is 5.11 Å². The number of aromatic amines is 1. The predicted octanol–water partition coefficient (Wildman–Crippen LogP) is 4.45. The van der Waals surface area contributed by atoms with Gasteiger partial charge in [0.1, 0.15) is 0 Å². The lowest BCUT2D eigenvalue weighted by molar-refractivity contribution is -0.254. The molecule has 5 heteroatoms. The highest BCUT2D eigenvalue weighted by Gasteiger charge is 2.13. The van der Waals surface area contributed by atoms with E-state index >= 15 is 0 Å². The van der Waals surface area contributed by atoms with Gasteiger partial charge in [-0.1, -0.05) is 42.5 Å². The Morgan fingerprint density at radius 3 is 2.40 bits per heavy atom. The summed E-state index contributed by atoms with van der Waals surface area (Å²) < 4.78 is 0. The average molecular weight is 388 g/mol. The summed E-state index contributed by atoms with van der Waals surface area (Å²) in [6, 6.07) is 24.9. The Morgan fingerprint density at radius 1 is 0.733 bits per heavy atom. The predicted molar refractivity (Wildman–Crippen MR) is 116 cm³/mol. The Kier molecular flexibility index (Phi) is 3.40. The summed E-state index contributed by atoms with van der Waals surface area (Å²) in [6.45, 7) is 0. The molecule has 0 amide bonds. The Labute approximate surface area is 170 Å². The number of benzene rings is 3. The minimum Gasteiger partial charge on any atom is -0.545 e. The summed E-state index contributed by atoms with van der Waals surface area (Å²) in [5, 5.41) is 15.5. The van der Waals surface area contributed by atoms with Crippen molar-refractivity contribution in [3.05, 3.63) is 84.4 Å². The molecule has 0 atom stereocenters. The second-order valence-corrected chi connectivity index (χ2v) is 7.32. The maximum Gasteiger partial charge on any atom is 0.0872 e. The lowest BCUT2D eigenvalue weighted by Crippen LogP contribution is -2.22. The second kappa shape index (κ2) is 6.12. The van der Waals surface area contributed by atoms with E-state index in [9.17, 15) is 9.90 Å². The lowest BCUT2D eigenvalue weighted by Gasteiger charge is -2.12. The van der Waals surface area contributed by atoms with Gasteiger partial charge < -0.3 is 14.9 Å². The molecule has 0 saturated carbocycles. The van der Waals surface area contributed by atoms with Gasteiger partial charge in [-0.2, -0.15) is 0 Å². The fraction of sp³-hybridized carbons (Fsp3) is 0. The standard InChI is InChI=1S/C25H15N3O2/c29-25(30)18-12-24(21-10-9-14-5-1-3-7-19(14)26-21)28-23-13-22-16(11-17(18)23)15-6-2-4-8-20(15)27-22/h1-13,28H,(H,29,30)/p-1. The highest BCUT2D eigenvalue weighted by molar-refractivity contribution is 6.14. The highest BCUT2D eigenvalue weighted by atomic mass is 16.4. The number of H-pyrrole nitrogens is 1. The minimum atomic E-state index is -1.22. The molecule has 0 aliphatic rings. The second-order valence-electron chi connectivity index (χ2n) is 7.32. The number of aromatic nitrogens is 3. The molecule has 3 heterocycles. The number of rotatable bonds is 2. The van der Waals surface area contributed by atoms with E-state index in [1.165, 1.54) is 0 Å². The van der Waals surface area contributed by atoms with E-state index in [1.807, 2.05) is 72.8 Å². The van der Waals surface area contributed by atoms with Crippen LogP contribution in [0.5, 0.6) is 0 Å². The first kappa shape index (κ1) is 16.7. The third-order valence-corrected chi connectivity index (χ3v) is 5.51. The Balaban J connectivity index is 1.66. The molecule has 1 N–H and O–H groups in total. The molecule has 142 valence electrons. The SMILES string of the molecule is O=C([O-])c1cc(-c2ccc3ccccc3n2)[nH]c2cc3nc4ccccc4c3cc12. The molecule has 5 nitrogen and oxygen atoms in total. The van der Waals surface area contributed by atoms with Gasteiger partial charge in [-0.25, -0.2) is 9.97 Å². The van der Waals surface area contributed by atoms with E-state index in [0.29, 0.717) is 22.3 Å². The molecule has 0 saturated heterocycles. The summed E-state index contributed by atoms with van der Waals surface area (Å²) in [4.78, 5) is 24.7. The molecule has 3 aromatic heterocycles. The van der Waals surface area contributed by atoms with Crippen LogP contribution in [0.25, 0.3) is 55.0 Å². The first-order valence-electron chi connectivity index (χ1n) is 9.60. The fourth-order valence-corrected chi connectivity index (χ4v) is 4.08. The van der Waals surface area contributed by atoms with E-state index in [1.54, 1.807) is 6.07 Å². The zero-order chi connectivity index (χ0) is 20.2. The van der Waals surface area contributed by atoms with Crippen molar-refractivity contribution in [1.29, 1.82) is 0 Å². The fourth-order valence-electron chi connectivity index (χ4n) is 4.08. The molecule has 6 aromatic rings. The van der Waals surface area contributed by atoms with Crippen molar-refractivity contribution in [1.82, 2.24) is 15.0 Å². The smallest absolute Gasteiger partial charge is 0.0872 e. The molecule has 0 aliphatic carbocycles. The van der Waals surface area contributed by atoms with Gasteiger partial charge in [0.25, 0.3) is 0 Å². The van der Waals surface area contributed by atoms with Crippen molar-refractivity contribution in [3.63, 3.8) is 0 Å². The molecule has 0 aliphatic heterocycles. The number of para-hydroxylation sites is 2. The lowest BCUT2D eigenvalue weighted by atomic mass is 10.0. The van der Waals surface area contributed by atoms with Crippen LogP contribution in [0.15, 0.2) is 78.9 Å². The summed E-state index contributed by atoms with van der Waals surface area (Å²) in [5.74, 6) is -1.22. The molecule has 6 rings (SSSR count). The number of carboxylic acids is 1. The van der Waals surface area contributed by atoms with Gasteiger partial charge in [0.2, 0.25) is 0 Å². The first-order chi connectivity index (χ1) is 14.7. The van der Waals surface area contributed by atoms with Crippen LogP contribution in [0.2, 0.25) is 0 Å². The van der Waals surface area contributed by atoms with Gasteiger partial charge in [0, 0.05) is 32.6 Å². The summed E-state index contributed by atoms with van der Waals surface area (Å²) in [5.41, 5.74) is 4.62. The normalized spacial score (nSPS) is 11.6. The Hall–Kier alpha value is -4.25. The van der Waals surface area contributed by atoms with Crippen molar-refractivity contribution in [2.45, 2.75) is 0 Å². The summed E-state index contributed by atoms with van der Waals surface area (Å²) in [6.07, 6.45) is 0. The molecule has 0 spiro atoms. The number of aromatic carboxylic acids is 1. The van der Waals surface area contributed by atoms with Crippen LogP contribution in [0.4, 0.5) is 0 Å². The Bertz CT molecular complexity index is 1630. The minimum absolute atomic E-state index is 0.126. The van der Waals surface area contributed by atoms with Gasteiger partial charge in [-0.3, -0.25) is 0 Å². The largest absolute Gasteiger partial charge is 0.545 e. The summed E-state index contributed by atoms with van der Waals surface area (Å²) >= 11 is 0. The van der Waals surface area contributed by atoms with E-state index in [2.05, 4.69) is 15.0 Å².